The summed E-state index contributed by atoms with van der Waals surface area (Å²) < 4.78 is 5.83. The standard InChI is InChI=1S/C23H30N2O2/c1-23(2,3)24-16-20(26)17-27-22-13-9-7-11-19(22)15-14-18-10-6-8-12-21(18)25(4)5/h6-13,20,24,26H,16-17H2,1-5H3. The van der Waals surface area contributed by atoms with E-state index in [9.17, 15) is 5.11 Å². The first-order chi connectivity index (χ1) is 12.8. The maximum Gasteiger partial charge on any atom is 0.135 e. The van der Waals surface area contributed by atoms with Crippen molar-refractivity contribution in [3.63, 3.8) is 0 Å². The Morgan fingerprint density at radius 2 is 1.59 bits per heavy atom. The minimum absolute atomic E-state index is 0.0375. The highest BCUT2D eigenvalue weighted by molar-refractivity contribution is 5.62. The Morgan fingerprint density at radius 1 is 1.00 bits per heavy atom. The number of β-amino-alcohol motifs (C(OH)–C–C–N with tert-alkyl or cyclic N) is 1. The third-order valence-electron chi connectivity index (χ3n) is 3.90. The van der Waals surface area contributed by atoms with E-state index in [1.165, 1.54) is 0 Å². The summed E-state index contributed by atoms with van der Waals surface area (Å²) in [5, 5.41) is 13.4. The van der Waals surface area contributed by atoms with Crippen molar-refractivity contribution in [2.24, 2.45) is 0 Å². The Bertz CT molecular complexity index is 798. The molecule has 0 aliphatic heterocycles. The van der Waals surface area contributed by atoms with Gasteiger partial charge in [0.15, 0.2) is 0 Å². The van der Waals surface area contributed by atoms with Crippen molar-refractivity contribution < 1.29 is 9.84 Å². The highest BCUT2D eigenvalue weighted by Gasteiger charge is 2.13. The predicted molar refractivity (Wildman–Crippen MR) is 112 cm³/mol. The lowest BCUT2D eigenvalue weighted by Crippen LogP contribution is -2.42. The van der Waals surface area contributed by atoms with Crippen LogP contribution in [0.5, 0.6) is 5.75 Å². The quantitative estimate of drug-likeness (QED) is 0.770. The minimum Gasteiger partial charge on any atom is -0.490 e. The fraction of sp³-hybridized carbons (Fsp3) is 0.391. The van der Waals surface area contributed by atoms with Crippen molar-refractivity contribution in [1.82, 2.24) is 5.32 Å². The van der Waals surface area contributed by atoms with Crippen LogP contribution in [0.25, 0.3) is 0 Å². The second-order valence-electron chi connectivity index (χ2n) is 7.75. The molecule has 0 spiro atoms. The van der Waals surface area contributed by atoms with Crippen molar-refractivity contribution in [2.45, 2.75) is 32.4 Å². The zero-order valence-corrected chi connectivity index (χ0v) is 16.9. The lowest BCUT2D eigenvalue weighted by Gasteiger charge is -2.23. The SMILES string of the molecule is CN(C)c1ccccc1C#Cc1ccccc1OCC(O)CNC(C)(C)C. The Morgan fingerprint density at radius 3 is 2.26 bits per heavy atom. The molecule has 1 unspecified atom stereocenters. The average Bonchev–Trinajstić information content (AvgIpc) is 2.63. The van der Waals surface area contributed by atoms with Crippen LogP contribution in [-0.2, 0) is 0 Å². The normalized spacial score (nSPS) is 12.1. The zero-order valence-electron chi connectivity index (χ0n) is 16.9. The predicted octanol–water partition coefficient (Wildman–Crippen LogP) is 3.28. The molecule has 4 nitrogen and oxygen atoms in total. The van der Waals surface area contributed by atoms with Crippen LogP contribution in [0.1, 0.15) is 31.9 Å². The van der Waals surface area contributed by atoms with Crippen LogP contribution in [0, 0.1) is 11.8 Å². The topological polar surface area (TPSA) is 44.7 Å². The Labute approximate surface area is 163 Å². The van der Waals surface area contributed by atoms with Gasteiger partial charge in [0.05, 0.1) is 11.3 Å². The Balaban J connectivity index is 2.09. The van der Waals surface area contributed by atoms with Crippen LogP contribution < -0.4 is 15.0 Å². The first-order valence-corrected chi connectivity index (χ1v) is 9.19. The molecule has 2 N–H and O–H groups in total. The minimum atomic E-state index is -0.584. The smallest absolute Gasteiger partial charge is 0.135 e. The number of nitrogens with zero attached hydrogens (tertiary/aromatic N) is 1. The van der Waals surface area contributed by atoms with Crippen molar-refractivity contribution in [3.8, 4) is 17.6 Å². The summed E-state index contributed by atoms with van der Waals surface area (Å²) in [7, 11) is 4.01. The summed E-state index contributed by atoms with van der Waals surface area (Å²) >= 11 is 0. The number of rotatable bonds is 6. The van der Waals surface area contributed by atoms with Crippen molar-refractivity contribution in [2.75, 3.05) is 32.1 Å². The molecule has 1 atom stereocenters. The van der Waals surface area contributed by atoms with Crippen molar-refractivity contribution in [1.29, 1.82) is 0 Å². The van der Waals surface area contributed by atoms with Gasteiger partial charge in [-0.3, -0.25) is 0 Å². The highest BCUT2D eigenvalue weighted by Crippen LogP contribution is 2.19. The molecule has 0 amide bonds. The van der Waals surface area contributed by atoms with Crippen LogP contribution in [0.4, 0.5) is 5.69 Å². The summed E-state index contributed by atoms with van der Waals surface area (Å²) in [5.74, 6) is 7.13. The van der Waals surface area contributed by atoms with Gasteiger partial charge in [-0.25, -0.2) is 0 Å². The van der Waals surface area contributed by atoms with Gasteiger partial charge in [0, 0.05) is 31.7 Å². The first kappa shape index (κ1) is 20.8. The van der Waals surface area contributed by atoms with Gasteiger partial charge in [-0.2, -0.15) is 0 Å². The summed E-state index contributed by atoms with van der Waals surface area (Å²) in [5.41, 5.74) is 2.81. The molecule has 4 heteroatoms. The van der Waals surface area contributed by atoms with Crippen LogP contribution in [0.2, 0.25) is 0 Å². The van der Waals surface area contributed by atoms with Crippen LogP contribution in [0.15, 0.2) is 48.5 Å². The van der Waals surface area contributed by atoms with Gasteiger partial charge < -0.3 is 20.1 Å². The summed E-state index contributed by atoms with van der Waals surface area (Å²) in [6.45, 7) is 6.90. The molecular formula is C23H30N2O2. The first-order valence-electron chi connectivity index (χ1n) is 9.19. The fourth-order valence-electron chi connectivity index (χ4n) is 2.47. The van der Waals surface area contributed by atoms with Gasteiger partial charge >= 0.3 is 0 Å². The van der Waals surface area contributed by atoms with E-state index in [0.717, 1.165) is 16.8 Å². The van der Waals surface area contributed by atoms with Crippen molar-refractivity contribution in [3.05, 3.63) is 59.7 Å². The number of nitrogens with one attached hydrogen (secondary N) is 1. The van der Waals surface area contributed by atoms with Crippen molar-refractivity contribution >= 4 is 5.69 Å². The molecule has 0 fully saturated rings. The number of ether oxygens (including phenoxy) is 1. The molecule has 0 heterocycles. The molecular weight excluding hydrogens is 336 g/mol. The molecule has 0 saturated heterocycles. The average molecular weight is 367 g/mol. The van der Waals surface area contributed by atoms with E-state index in [4.69, 9.17) is 4.74 Å². The molecule has 2 aromatic rings. The number of para-hydroxylation sites is 2. The van der Waals surface area contributed by atoms with Crippen LogP contribution in [-0.4, -0.2) is 44.0 Å². The second kappa shape index (κ2) is 9.45. The molecule has 2 rings (SSSR count). The van der Waals surface area contributed by atoms with Crippen LogP contribution in [0.3, 0.4) is 0 Å². The van der Waals surface area contributed by atoms with E-state index in [1.54, 1.807) is 0 Å². The number of aliphatic hydroxyl groups is 1. The van der Waals surface area contributed by atoms with Gasteiger partial charge in [-0.15, -0.1) is 0 Å². The maximum absolute atomic E-state index is 10.1. The summed E-state index contributed by atoms with van der Waals surface area (Å²) in [4.78, 5) is 2.05. The van der Waals surface area contributed by atoms with Gasteiger partial charge in [0.25, 0.3) is 0 Å². The molecule has 0 aromatic heterocycles. The zero-order chi connectivity index (χ0) is 19.9. The lowest BCUT2D eigenvalue weighted by molar-refractivity contribution is 0.0999. The number of anilines is 1. The molecule has 0 saturated carbocycles. The number of benzene rings is 2. The molecule has 0 aliphatic carbocycles. The molecule has 144 valence electrons. The van der Waals surface area contributed by atoms with E-state index in [1.807, 2.05) is 67.5 Å². The monoisotopic (exact) mass is 366 g/mol. The Hall–Kier alpha value is -2.48. The van der Waals surface area contributed by atoms with Gasteiger partial charge in [0.2, 0.25) is 0 Å². The molecule has 0 aliphatic rings. The molecule has 2 aromatic carbocycles. The molecule has 0 bridgehead atoms. The van der Waals surface area contributed by atoms with E-state index in [0.29, 0.717) is 12.3 Å². The summed E-state index contributed by atoms with van der Waals surface area (Å²) in [6, 6.07) is 15.7. The lowest BCUT2D eigenvalue weighted by atomic mass is 10.1. The highest BCUT2D eigenvalue weighted by atomic mass is 16.5. The van der Waals surface area contributed by atoms with Gasteiger partial charge in [-0.05, 0) is 45.0 Å². The van der Waals surface area contributed by atoms with E-state index in [-0.39, 0.29) is 12.1 Å². The van der Waals surface area contributed by atoms with E-state index in [2.05, 4.69) is 37.9 Å². The molecule has 0 radical (unpaired) electrons. The number of aliphatic hydroxyl groups excluding tert-OH is 1. The molecule has 27 heavy (non-hydrogen) atoms. The largest absolute Gasteiger partial charge is 0.490 e. The third kappa shape index (κ3) is 6.97. The maximum atomic E-state index is 10.1. The fourth-order valence-corrected chi connectivity index (χ4v) is 2.47. The van der Waals surface area contributed by atoms with E-state index >= 15 is 0 Å². The van der Waals surface area contributed by atoms with Gasteiger partial charge in [-0.1, -0.05) is 36.1 Å². The number of hydrogen-bond acceptors (Lipinski definition) is 4. The van der Waals surface area contributed by atoms with E-state index < -0.39 is 6.10 Å². The number of hydrogen-bond donors (Lipinski definition) is 2. The Kier molecular flexibility index (Phi) is 7.29. The summed E-state index contributed by atoms with van der Waals surface area (Å²) in [6.07, 6.45) is -0.584. The third-order valence-corrected chi connectivity index (χ3v) is 3.90. The second-order valence-corrected chi connectivity index (χ2v) is 7.75. The van der Waals surface area contributed by atoms with Gasteiger partial charge in [0.1, 0.15) is 18.5 Å². The van der Waals surface area contributed by atoms with Crippen LogP contribution >= 0.6 is 0 Å².